The fourth-order valence-electron chi connectivity index (χ4n) is 6.00. The van der Waals surface area contributed by atoms with Crippen LogP contribution < -0.4 is 9.47 Å². The number of ether oxygens (including phenoxy) is 2. The van der Waals surface area contributed by atoms with E-state index < -0.39 is 0 Å². The predicted molar refractivity (Wildman–Crippen MR) is 162 cm³/mol. The molecular weight excluding hydrogens is 480 g/mol. The smallest absolute Gasteiger partial charge is 0.139 e. The van der Waals surface area contributed by atoms with Gasteiger partial charge in [-0.25, -0.2) is 0 Å². The van der Waals surface area contributed by atoms with Gasteiger partial charge in [0.2, 0.25) is 0 Å². The molecule has 39 heavy (non-hydrogen) atoms. The number of fused-ring (bicyclic) bond motifs is 2. The Balaban J connectivity index is 1.33. The van der Waals surface area contributed by atoms with Crippen molar-refractivity contribution < 1.29 is 14.3 Å². The molecule has 0 aromatic heterocycles. The van der Waals surface area contributed by atoms with Gasteiger partial charge in [0, 0.05) is 11.8 Å². The lowest BCUT2D eigenvalue weighted by molar-refractivity contribution is -0.129. The Morgan fingerprint density at radius 2 is 1.15 bits per heavy atom. The molecule has 4 aromatic carbocycles. The zero-order chi connectivity index (χ0) is 27.0. The summed E-state index contributed by atoms with van der Waals surface area (Å²) in [6.45, 7) is 5.84. The first kappa shape index (κ1) is 27.2. The molecule has 1 fully saturated rings. The third-order valence-corrected chi connectivity index (χ3v) is 8.26. The Morgan fingerprint density at radius 3 is 1.62 bits per heavy atom. The first-order chi connectivity index (χ1) is 19.2. The van der Waals surface area contributed by atoms with Crippen molar-refractivity contribution in [1.29, 1.82) is 0 Å². The van der Waals surface area contributed by atoms with Crippen molar-refractivity contribution in [3.63, 3.8) is 0 Å². The van der Waals surface area contributed by atoms with Gasteiger partial charge in [-0.15, -0.1) is 0 Å². The van der Waals surface area contributed by atoms with Crippen LogP contribution in [0.5, 0.6) is 11.5 Å². The van der Waals surface area contributed by atoms with Crippen molar-refractivity contribution in [1.82, 2.24) is 0 Å². The second-order valence-electron chi connectivity index (χ2n) is 11.1. The Hall–Kier alpha value is -3.33. The molecule has 1 aliphatic carbocycles. The van der Waals surface area contributed by atoms with Crippen molar-refractivity contribution in [3.8, 4) is 11.5 Å². The zero-order valence-corrected chi connectivity index (χ0v) is 23.6. The summed E-state index contributed by atoms with van der Waals surface area (Å²) in [6.07, 6.45) is 9.02. The lowest BCUT2D eigenvalue weighted by Gasteiger charge is -2.28. The molecule has 0 N–H and O–H groups in total. The number of Topliss-reactive ketones (excluding diaryl/α,β-unsaturated/α-hetero) is 1. The average molecular weight is 523 g/mol. The summed E-state index contributed by atoms with van der Waals surface area (Å²) in [5.74, 6) is 2.42. The number of hydrogen-bond donors (Lipinski definition) is 0. The van der Waals surface area contributed by atoms with Crippen molar-refractivity contribution in [2.75, 3.05) is 13.2 Å². The van der Waals surface area contributed by atoms with Crippen molar-refractivity contribution in [3.05, 3.63) is 83.9 Å². The van der Waals surface area contributed by atoms with Crippen LogP contribution in [0.2, 0.25) is 0 Å². The summed E-state index contributed by atoms with van der Waals surface area (Å²) in [7, 11) is 0. The monoisotopic (exact) mass is 522 g/mol. The molecule has 204 valence electrons. The third-order valence-electron chi connectivity index (χ3n) is 8.26. The second-order valence-corrected chi connectivity index (χ2v) is 11.1. The van der Waals surface area contributed by atoms with E-state index in [-0.39, 0.29) is 11.8 Å². The van der Waals surface area contributed by atoms with E-state index in [0.29, 0.717) is 5.78 Å². The lowest BCUT2D eigenvalue weighted by atomic mass is 9.74. The normalized spacial score (nSPS) is 17.5. The molecule has 0 bridgehead atoms. The van der Waals surface area contributed by atoms with Gasteiger partial charge in [-0.05, 0) is 95.5 Å². The van der Waals surface area contributed by atoms with Gasteiger partial charge in [-0.3, -0.25) is 4.79 Å². The fourth-order valence-corrected chi connectivity index (χ4v) is 6.00. The third kappa shape index (κ3) is 6.64. The summed E-state index contributed by atoms with van der Waals surface area (Å²) < 4.78 is 12.0. The Bertz CT molecular complexity index is 1300. The van der Waals surface area contributed by atoms with E-state index in [1.165, 1.54) is 32.7 Å². The van der Waals surface area contributed by atoms with E-state index in [0.717, 1.165) is 82.5 Å². The van der Waals surface area contributed by atoms with E-state index in [4.69, 9.17) is 9.47 Å². The summed E-state index contributed by atoms with van der Waals surface area (Å²) in [5.41, 5.74) is 2.51. The van der Waals surface area contributed by atoms with Gasteiger partial charge in [0.25, 0.3) is 0 Å². The standard InChI is InChI=1S/C36H42O3/c1-3-5-20-38-32-18-16-26-10-7-12-28(34(26)24-32)22-30-14-9-15-31(36(30)37)23-29-13-8-11-27-17-19-33(25-35(27)29)39-21-6-4-2/h7-8,10-13,16-19,24-25,30-31H,3-6,9,14-15,20-23H2,1-2H3/t30-,31-/m1/s1. The number of benzene rings is 4. The second kappa shape index (κ2) is 13.2. The molecule has 0 spiro atoms. The van der Waals surface area contributed by atoms with Crippen LogP contribution in [-0.4, -0.2) is 19.0 Å². The minimum atomic E-state index is 0.0712. The van der Waals surface area contributed by atoms with Crippen LogP contribution >= 0.6 is 0 Å². The van der Waals surface area contributed by atoms with Crippen LogP contribution in [0.3, 0.4) is 0 Å². The van der Waals surface area contributed by atoms with Gasteiger partial charge in [-0.2, -0.15) is 0 Å². The van der Waals surface area contributed by atoms with Crippen molar-refractivity contribution in [2.45, 2.75) is 71.6 Å². The van der Waals surface area contributed by atoms with Gasteiger partial charge >= 0.3 is 0 Å². The largest absolute Gasteiger partial charge is 0.494 e. The van der Waals surface area contributed by atoms with Crippen LogP contribution in [0.25, 0.3) is 21.5 Å². The number of hydrogen-bond acceptors (Lipinski definition) is 3. The van der Waals surface area contributed by atoms with Crippen LogP contribution in [0.4, 0.5) is 0 Å². The molecule has 4 aromatic rings. The maximum atomic E-state index is 13.8. The highest BCUT2D eigenvalue weighted by Crippen LogP contribution is 2.35. The average Bonchev–Trinajstić information content (AvgIpc) is 2.96. The molecule has 1 aliphatic rings. The van der Waals surface area contributed by atoms with E-state index in [1.54, 1.807) is 0 Å². The summed E-state index contributed by atoms with van der Waals surface area (Å²) in [5, 5.41) is 4.85. The number of carbonyl (C=O) groups is 1. The quantitative estimate of drug-likeness (QED) is 0.174. The van der Waals surface area contributed by atoms with Crippen molar-refractivity contribution in [2.24, 2.45) is 11.8 Å². The van der Waals surface area contributed by atoms with Gasteiger partial charge in [-0.1, -0.05) is 81.6 Å². The summed E-state index contributed by atoms with van der Waals surface area (Å²) >= 11 is 0. The Kier molecular flexibility index (Phi) is 9.19. The molecule has 0 amide bonds. The minimum absolute atomic E-state index is 0.0712. The van der Waals surface area contributed by atoms with E-state index in [9.17, 15) is 4.79 Å². The van der Waals surface area contributed by atoms with Gasteiger partial charge in [0.15, 0.2) is 0 Å². The van der Waals surface area contributed by atoms with Gasteiger partial charge in [0.05, 0.1) is 13.2 Å². The SMILES string of the molecule is CCCCOc1ccc2cccc(C[C@H]3CCC[C@H](Cc4cccc5ccc(OCCCC)cc45)C3=O)c2c1. The molecule has 2 atom stereocenters. The molecule has 5 rings (SSSR count). The van der Waals surface area contributed by atoms with E-state index in [1.807, 2.05) is 0 Å². The molecule has 0 saturated heterocycles. The number of rotatable bonds is 12. The van der Waals surface area contributed by atoms with E-state index in [2.05, 4.69) is 86.6 Å². The highest BCUT2D eigenvalue weighted by molar-refractivity contribution is 5.90. The molecular formula is C36H42O3. The maximum Gasteiger partial charge on any atom is 0.139 e. The zero-order valence-electron chi connectivity index (χ0n) is 23.6. The highest BCUT2D eigenvalue weighted by Gasteiger charge is 2.31. The fraction of sp³-hybridized carbons (Fsp3) is 0.417. The molecule has 0 unspecified atom stereocenters. The molecule has 0 aliphatic heterocycles. The Morgan fingerprint density at radius 1 is 0.667 bits per heavy atom. The number of ketones is 1. The van der Waals surface area contributed by atoms with Crippen LogP contribution in [-0.2, 0) is 17.6 Å². The van der Waals surface area contributed by atoms with Crippen molar-refractivity contribution >= 4 is 27.3 Å². The number of carbonyl (C=O) groups excluding carboxylic acids is 1. The lowest BCUT2D eigenvalue weighted by Crippen LogP contribution is -2.31. The highest BCUT2D eigenvalue weighted by atomic mass is 16.5. The molecule has 1 saturated carbocycles. The molecule has 3 nitrogen and oxygen atoms in total. The molecule has 0 radical (unpaired) electrons. The topological polar surface area (TPSA) is 35.5 Å². The predicted octanol–water partition coefficient (Wildman–Crippen LogP) is 9.12. The van der Waals surface area contributed by atoms with Crippen LogP contribution in [0.1, 0.15) is 69.9 Å². The van der Waals surface area contributed by atoms with Crippen LogP contribution in [0.15, 0.2) is 72.8 Å². The first-order valence-corrected chi connectivity index (χ1v) is 15.0. The van der Waals surface area contributed by atoms with E-state index >= 15 is 0 Å². The first-order valence-electron chi connectivity index (χ1n) is 15.0. The number of unbranched alkanes of at least 4 members (excludes halogenated alkanes) is 2. The van der Waals surface area contributed by atoms with Gasteiger partial charge < -0.3 is 9.47 Å². The molecule has 0 heterocycles. The minimum Gasteiger partial charge on any atom is -0.494 e. The summed E-state index contributed by atoms with van der Waals surface area (Å²) in [6, 6.07) is 25.7. The maximum absolute atomic E-state index is 13.8. The molecule has 3 heteroatoms. The summed E-state index contributed by atoms with van der Waals surface area (Å²) in [4.78, 5) is 13.8. The Labute approximate surface area is 233 Å². The van der Waals surface area contributed by atoms with Crippen LogP contribution in [0, 0.1) is 11.8 Å². The van der Waals surface area contributed by atoms with Gasteiger partial charge in [0.1, 0.15) is 17.3 Å².